The molecule has 1 aliphatic carbocycles. The van der Waals surface area contributed by atoms with E-state index in [1.165, 1.54) is 5.56 Å². The van der Waals surface area contributed by atoms with E-state index >= 15 is 0 Å². The van der Waals surface area contributed by atoms with Crippen molar-refractivity contribution >= 4 is 0 Å². The Kier molecular flexibility index (Phi) is 6.26. The molecule has 1 fully saturated rings. The van der Waals surface area contributed by atoms with Gasteiger partial charge in [-0.3, -0.25) is 0 Å². The predicted molar refractivity (Wildman–Crippen MR) is 67.0 cm³/mol. The molecule has 1 aromatic carbocycles. The first-order valence-electron chi connectivity index (χ1n) is 6.00. The summed E-state index contributed by atoms with van der Waals surface area (Å²) in [5.74, 6) is 0. The van der Waals surface area contributed by atoms with Crippen molar-refractivity contribution in [3.05, 3.63) is 35.4 Å². The van der Waals surface area contributed by atoms with Crippen molar-refractivity contribution in [2.24, 2.45) is 0 Å². The maximum Gasteiger partial charge on any atom is 0.0899 e. The van der Waals surface area contributed by atoms with E-state index in [0.29, 0.717) is 0 Å². The Morgan fingerprint density at radius 1 is 1.07 bits per heavy atom. The summed E-state index contributed by atoms with van der Waals surface area (Å²) in [6, 6.07) is 8.11. The summed E-state index contributed by atoms with van der Waals surface area (Å²) in [6.45, 7) is 10.1. The maximum absolute atomic E-state index is 9.72. The summed E-state index contributed by atoms with van der Waals surface area (Å²) in [6.07, 6.45) is 1.85. The Labute approximate surface area is 94.2 Å². The third-order valence-corrected chi connectivity index (χ3v) is 2.28. The number of hydrogen-bond donors (Lipinski definition) is 1. The van der Waals surface area contributed by atoms with Gasteiger partial charge < -0.3 is 5.11 Å². The zero-order chi connectivity index (χ0) is 11.9. The van der Waals surface area contributed by atoms with E-state index in [1.54, 1.807) is 0 Å². The minimum absolute atomic E-state index is 0.466. The molecule has 1 heteroatoms. The second-order valence-electron chi connectivity index (χ2n) is 3.40. The molecule has 0 heterocycles. The third kappa shape index (κ3) is 4.05. The van der Waals surface area contributed by atoms with Crippen LogP contribution in [0.4, 0.5) is 0 Å². The number of rotatable bonds is 1. The van der Waals surface area contributed by atoms with E-state index in [1.807, 2.05) is 39.8 Å². The summed E-state index contributed by atoms with van der Waals surface area (Å²) >= 11 is 0. The molecule has 0 bridgehead atoms. The van der Waals surface area contributed by atoms with Gasteiger partial charge in [0.2, 0.25) is 0 Å². The molecule has 0 amide bonds. The highest BCUT2D eigenvalue weighted by molar-refractivity contribution is 5.30. The lowest BCUT2D eigenvalue weighted by atomic mass is 10.1. The van der Waals surface area contributed by atoms with Crippen molar-refractivity contribution in [3.63, 3.8) is 0 Å². The average molecular weight is 208 g/mol. The molecule has 1 nitrogen and oxygen atoms in total. The van der Waals surface area contributed by atoms with Gasteiger partial charge in [0.1, 0.15) is 0 Å². The smallest absolute Gasteiger partial charge is 0.0899 e. The molecule has 1 N–H and O–H groups in total. The van der Waals surface area contributed by atoms with E-state index in [0.717, 1.165) is 18.4 Å². The fraction of sp³-hybridized carbons (Fsp3) is 0.571. The summed E-state index contributed by atoms with van der Waals surface area (Å²) in [5.41, 5.74) is 1.84. The monoisotopic (exact) mass is 208 g/mol. The highest BCUT2D eigenvalue weighted by Crippen LogP contribution is 2.45. The Bertz CT molecular complexity index is 274. The number of hydrogen-bond acceptors (Lipinski definition) is 1. The van der Waals surface area contributed by atoms with Gasteiger partial charge in [0.05, 0.1) is 5.60 Å². The van der Waals surface area contributed by atoms with Crippen LogP contribution in [0.5, 0.6) is 0 Å². The molecule has 2 rings (SSSR count). The largest absolute Gasteiger partial charge is 0.385 e. The third-order valence-electron chi connectivity index (χ3n) is 2.28. The van der Waals surface area contributed by atoms with Gasteiger partial charge >= 0.3 is 0 Å². The molecule has 15 heavy (non-hydrogen) atoms. The second-order valence-corrected chi connectivity index (χ2v) is 3.40. The Balaban J connectivity index is 0.000000442. The Morgan fingerprint density at radius 3 is 2.00 bits per heavy atom. The van der Waals surface area contributed by atoms with Crippen LogP contribution in [-0.4, -0.2) is 5.11 Å². The van der Waals surface area contributed by atoms with Gasteiger partial charge in [-0.05, 0) is 25.3 Å². The molecule has 1 aromatic rings. The van der Waals surface area contributed by atoms with Gasteiger partial charge in [0, 0.05) is 0 Å². The van der Waals surface area contributed by atoms with Crippen LogP contribution in [0.25, 0.3) is 0 Å². The molecular weight excluding hydrogens is 184 g/mol. The summed E-state index contributed by atoms with van der Waals surface area (Å²) < 4.78 is 0. The molecule has 1 aliphatic rings. The van der Waals surface area contributed by atoms with Gasteiger partial charge in [0.25, 0.3) is 0 Å². The van der Waals surface area contributed by atoms with Crippen molar-refractivity contribution in [1.82, 2.24) is 0 Å². The van der Waals surface area contributed by atoms with Crippen molar-refractivity contribution in [1.29, 1.82) is 0 Å². The zero-order valence-corrected chi connectivity index (χ0v) is 10.7. The molecular formula is C14H24O. The van der Waals surface area contributed by atoms with Gasteiger partial charge in [0.15, 0.2) is 0 Å². The first kappa shape index (κ1) is 14.2. The molecule has 0 aromatic heterocycles. The van der Waals surface area contributed by atoms with E-state index < -0.39 is 5.60 Å². The molecule has 0 unspecified atom stereocenters. The molecule has 86 valence electrons. The van der Waals surface area contributed by atoms with E-state index in [-0.39, 0.29) is 0 Å². The van der Waals surface area contributed by atoms with Gasteiger partial charge in [-0.25, -0.2) is 0 Å². The van der Waals surface area contributed by atoms with Crippen LogP contribution in [-0.2, 0) is 5.60 Å². The quantitative estimate of drug-likeness (QED) is 0.738. The fourth-order valence-electron chi connectivity index (χ4n) is 1.34. The topological polar surface area (TPSA) is 20.2 Å². The van der Waals surface area contributed by atoms with Crippen molar-refractivity contribution in [3.8, 4) is 0 Å². The van der Waals surface area contributed by atoms with Gasteiger partial charge in [-0.15, -0.1) is 0 Å². The van der Waals surface area contributed by atoms with Crippen LogP contribution >= 0.6 is 0 Å². The highest BCUT2D eigenvalue weighted by Gasteiger charge is 2.41. The Morgan fingerprint density at radius 2 is 1.60 bits per heavy atom. The minimum atomic E-state index is -0.466. The normalized spacial score (nSPS) is 15.3. The molecule has 0 saturated heterocycles. The molecule has 0 radical (unpaired) electrons. The first-order valence-corrected chi connectivity index (χ1v) is 6.00. The standard InChI is InChI=1S/C10H12O.2C2H6/c1-8-3-2-4-9(7-8)10(11)5-6-10;2*1-2/h2-4,7,11H,5-6H2,1H3;2*1-2H3. The first-order chi connectivity index (χ1) is 7.21. The highest BCUT2D eigenvalue weighted by atomic mass is 16.3. The SMILES string of the molecule is CC.CC.Cc1cccc(C2(O)CC2)c1. The van der Waals surface area contributed by atoms with Crippen molar-refractivity contribution < 1.29 is 5.11 Å². The van der Waals surface area contributed by atoms with E-state index in [9.17, 15) is 5.11 Å². The molecule has 0 atom stereocenters. The van der Waals surface area contributed by atoms with Crippen LogP contribution in [0.3, 0.4) is 0 Å². The van der Waals surface area contributed by atoms with Crippen LogP contribution < -0.4 is 0 Å². The lowest BCUT2D eigenvalue weighted by Gasteiger charge is -2.07. The fourth-order valence-corrected chi connectivity index (χ4v) is 1.34. The van der Waals surface area contributed by atoms with Crippen molar-refractivity contribution in [2.45, 2.75) is 53.1 Å². The summed E-state index contributed by atoms with van der Waals surface area (Å²) in [4.78, 5) is 0. The summed E-state index contributed by atoms with van der Waals surface area (Å²) in [7, 11) is 0. The van der Waals surface area contributed by atoms with Gasteiger partial charge in [-0.2, -0.15) is 0 Å². The number of aliphatic hydroxyl groups is 1. The lowest BCUT2D eigenvalue weighted by Crippen LogP contribution is -2.03. The van der Waals surface area contributed by atoms with Crippen LogP contribution in [0.2, 0.25) is 0 Å². The van der Waals surface area contributed by atoms with E-state index in [4.69, 9.17) is 0 Å². The molecule has 0 aliphatic heterocycles. The van der Waals surface area contributed by atoms with Crippen molar-refractivity contribution in [2.75, 3.05) is 0 Å². The summed E-state index contributed by atoms with van der Waals surface area (Å²) in [5, 5.41) is 9.72. The minimum Gasteiger partial charge on any atom is -0.385 e. The average Bonchev–Trinajstić information content (AvgIpc) is 3.04. The number of benzene rings is 1. The molecule has 0 spiro atoms. The van der Waals surface area contributed by atoms with Gasteiger partial charge in [-0.1, -0.05) is 57.5 Å². The van der Waals surface area contributed by atoms with Crippen LogP contribution in [0.1, 0.15) is 51.7 Å². The second kappa shape index (κ2) is 6.62. The predicted octanol–water partition coefficient (Wildman–Crippen LogP) is 4.03. The lowest BCUT2D eigenvalue weighted by molar-refractivity contribution is 0.151. The zero-order valence-electron chi connectivity index (χ0n) is 10.7. The maximum atomic E-state index is 9.72. The van der Waals surface area contributed by atoms with E-state index in [2.05, 4.69) is 19.1 Å². The molecule has 1 saturated carbocycles. The van der Waals surface area contributed by atoms with Crippen LogP contribution in [0, 0.1) is 6.92 Å². The Hall–Kier alpha value is -0.820. The number of aryl methyl sites for hydroxylation is 1. The van der Waals surface area contributed by atoms with Crippen LogP contribution in [0.15, 0.2) is 24.3 Å².